The average molecular weight is 301 g/mol. The van der Waals surface area contributed by atoms with Crippen LogP contribution in [0.25, 0.3) is 0 Å². The van der Waals surface area contributed by atoms with E-state index in [0.717, 1.165) is 5.56 Å². The van der Waals surface area contributed by atoms with Gasteiger partial charge in [0.15, 0.2) is 0 Å². The van der Waals surface area contributed by atoms with Crippen molar-refractivity contribution in [3.63, 3.8) is 0 Å². The second kappa shape index (κ2) is 7.73. The van der Waals surface area contributed by atoms with Crippen LogP contribution in [-0.2, 0) is 21.2 Å². The number of rotatable bonds is 8. The summed E-state index contributed by atoms with van der Waals surface area (Å²) in [5, 5.41) is 8.87. The van der Waals surface area contributed by atoms with Crippen molar-refractivity contribution in [2.75, 3.05) is 26.9 Å². The van der Waals surface area contributed by atoms with Gasteiger partial charge in [-0.25, -0.2) is 8.42 Å². The van der Waals surface area contributed by atoms with Crippen molar-refractivity contribution in [1.82, 2.24) is 4.31 Å². The first-order chi connectivity index (χ1) is 9.47. The highest BCUT2D eigenvalue weighted by molar-refractivity contribution is 7.89. The lowest BCUT2D eigenvalue weighted by molar-refractivity contribution is 0.142. The first-order valence-corrected chi connectivity index (χ1v) is 8.12. The number of likely N-dealkylation sites (N-methyl/N-ethyl adjacent to an activating group) is 1. The molecule has 0 radical (unpaired) electrons. The molecule has 20 heavy (non-hydrogen) atoms. The molecular weight excluding hydrogens is 278 g/mol. The Hall–Kier alpha value is -0.950. The van der Waals surface area contributed by atoms with Crippen LogP contribution in [-0.4, -0.2) is 50.7 Å². The van der Waals surface area contributed by atoms with E-state index in [0.29, 0.717) is 19.6 Å². The zero-order valence-electron chi connectivity index (χ0n) is 12.2. The number of benzene rings is 1. The third kappa shape index (κ3) is 4.02. The third-order valence-corrected chi connectivity index (χ3v) is 5.25. The summed E-state index contributed by atoms with van der Waals surface area (Å²) in [6.45, 7) is 4.44. The molecule has 1 N–H and O–H groups in total. The number of nitrogens with zero attached hydrogens (tertiary/aromatic N) is 1. The van der Waals surface area contributed by atoms with Crippen LogP contribution >= 0.6 is 0 Å². The van der Waals surface area contributed by atoms with Crippen LogP contribution in [0.3, 0.4) is 0 Å². The molecule has 1 aromatic carbocycles. The molecule has 0 bridgehead atoms. The maximum absolute atomic E-state index is 12.6. The van der Waals surface area contributed by atoms with E-state index in [1.54, 1.807) is 31.4 Å². The van der Waals surface area contributed by atoms with Gasteiger partial charge in [-0.3, -0.25) is 0 Å². The molecule has 0 aliphatic rings. The Labute approximate surface area is 121 Å². The summed E-state index contributed by atoms with van der Waals surface area (Å²) in [4.78, 5) is 0.268. The molecule has 0 aliphatic heterocycles. The number of methoxy groups -OCH3 is 1. The molecule has 1 rings (SSSR count). The Bertz CT molecular complexity index is 498. The highest BCUT2D eigenvalue weighted by Gasteiger charge is 2.27. The minimum atomic E-state index is -3.51. The summed E-state index contributed by atoms with van der Waals surface area (Å²) in [6.07, 6.45) is 0.526. The predicted octanol–water partition coefficient (Wildman–Crippen LogP) is 1.27. The molecule has 5 nitrogen and oxygen atoms in total. The van der Waals surface area contributed by atoms with Crippen LogP contribution < -0.4 is 0 Å². The number of sulfonamides is 1. The van der Waals surface area contributed by atoms with Gasteiger partial charge in [0.25, 0.3) is 0 Å². The van der Waals surface area contributed by atoms with Gasteiger partial charge in [0.05, 0.1) is 11.5 Å². The first-order valence-electron chi connectivity index (χ1n) is 6.68. The van der Waals surface area contributed by atoms with Gasteiger partial charge in [-0.1, -0.05) is 19.1 Å². The summed E-state index contributed by atoms with van der Waals surface area (Å²) in [5.74, 6) is 0. The molecule has 6 heteroatoms. The van der Waals surface area contributed by atoms with Crippen molar-refractivity contribution in [3.8, 4) is 0 Å². The molecule has 0 saturated carbocycles. The normalized spacial score (nSPS) is 13.7. The topological polar surface area (TPSA) is 66.8 Å². The predicted molar refractivity (Wildman–Crippen MR) is 78.1 cm³/mol. The molecule has 1 unspecified atom stereocenters. The molecule has 0 saturated heterocycles. The largest absolute Gasteiger partial charge is 0.396 e. The molecule has 114 valence electrons. The van der Waals surface area contributed by atoms with Crippen LogP contribution in [0.4, 0.5) is 0 Å². The second-order valence-corrected chi connectivity index (χ2v) is 6.52. The first kappa shape index (κ1) is 17.1. The Morgan fingerprint density at radius 3 is 2.35 bits per heavy atom. The van der Waals surface area contributed by atoms with Crippen LogP contribution in [0.2, 0.25) is 0 Å². The van der Waals surface area contributed by atoms with Gasteiger partial charge in [0.2, 0.25) is 10.0 Å². The van der Waals surface area contributed by atoms with Crippen molar-refractivity contribution in [2.45, 2.75) is 31.2 Å². The summed E-state index contributed by atoms with van der Waals surface area (Å²) in [5.41, 5.74) is 0.916. The minimum absolute atomic E-state index is 0.0536. The molecule has 0 amide bonds. The maximum atomic E-state index is 12.6. The van der Waals surface area contributed by atoms with Gasteiger partial charge >= 0.3 is 0 Å². The quantitative estimate of drug-likeness (QED) is 0.785. The lowest BCUT2D eigenvalue weighted by atomic mass is 10.2. The number of ether oxygens (including phenoxy) is 1. The van der Waals surface area contributed by atoms with Gasteiger partial charge in [-0.05, 0) is 31.0 Å². The van der Waals surface area contributed by atoms with E-state index in [-0.39, 0.29) is 17.5 Å². The SMILES string of the molecule is CCN(C(C)COC)S(=O)(=O)c1ccc(CCO)cc1. The summed E-state index contributed by atoms with van der Waals surface area (Å²) >= 11 is 0. The second-order valence-electron chi connectivity index (χ2n) is 4.63. The summed E-state index contributed by atoms with van der Waals surface area (Å²) in [7, 11) is -1.96. The van der Waals surface area contributed by atoms with Gasteiger partial charge in [0, 0.05) is 26.3 Å². The van der Waals surface area contributed by atoms with E-state index >= 15 is 0 Å². The Balaban J connectivity index is 3.01. The number of aliphatic hydroxyl groups is 1. The molecule has 0 fully saturated rings. The Morgan fingerprint density at radius 1 is 1.30 bits per heavy atom. The van der Waals surface area contributed by atoms with Crippen molar-refractivity contribution in [3.05, 3.63) is 29.8 Å². The van der Waals surface area contributed by atoms with Gasteiger partial charge in [0.1, 0.15) is 0 Å². The van der Waals surface area contributed by atoms with Crippen molar-refractivity contribution < 1.29 is 18.3 Å². The lowest BCUT2D eigenvalue weighted by Crippen LogP contribution is -2.40. The minimum Gasteiger partial charge on any atom is -0.396 e. The summed E-state index contributed by atoms with van der Waals surface area (Å²) in [6, 6.07) is 6.42. The highest BCUT2D eigenvalue weighted by atomic mass is 32.2. The van der Waals surface area contributed by atoms with Crippen LogP contribution in [0.15, 0.2) is 29.2 Å². The standard InChI is InChI=1S/C14H23NO4S/c1-4-15(12(2)11-19-3)20(17,18)14-7-5-13(6-8-14)9-10-16/h5-8,12,16H,4,9-11H2,1-3H3. The maximum Gasteiger partial charge on any atom is 0.243 e. The van der Waals surface area contributed by atoms with E-state index in [1.807, 2.05) is 13.8 Å². The smallest absolute Gasteiger partial charge is 0.243 e. The molecular formula is C14H23NO4S. The molecule has 1 aromatic rings. The summed E-state index contributed by atoms with van der Waals surface area (Å²) < 4.78 is 31.6. The van der Waals surface area contributed by atoms with Gasteiger partial charge in [-0.2, -0.15) is 4.31 Å². The average Bonchev–Trinajstić information content (AvgIpc) is 2.40. The van der Waals surface area contributed by atoms with Crippen molar-refractivity contribution >= 4 is 10.0 Å². The lowest BCUT2D eigenvalue weighted by Gasteiger charge is -2.26. The third-order valence-electron chi connectivity index (χ3n) is 3.14. The number of hydrogen-bond donors (Lipinski definition) is 1. The van der Waals surface area contributed by atoms with E-state index < -0.39 is 10.0 Å². The van der Waals surface area contributed by atoms with Crippen LogP contribution in [0, 0.1) is 0 Å². The Kier molecular flexibility index (Phi) is 6.61. The van der Waals surface area contributed by atoms with Crippen molar-refractivity contribution in [1.29, 1.82) is 0 Å². The number of aliphatic hydroxyl groups excluding tert-OH is 1. The van der Waals surface area contributed by atoms with Gasteiger partial charge < -0.3 is 9.84 Å². The van der Waals surface area contributed by atoms with E-state index in [4.69, 9.17) is 9.84 Å². The molecule has 0 aromatic heterocycles. The van der Waals surface area contributed by atoms with Gasteiger partial charge in [-0.15, -0.1) is 0 Å². The highest BCUT2D eigenvalue weighted by Crippen LogP contribution is 2.19. The fourth-order valence-corrected chi connectivity index (χ4v) is 3.76. The van der Waals surface area contributed by atoms with E-state index in [9.17, 15) is 8.42 Å². The molecule has 0 heterocycles. The fraction of sp³-hybridized carbons (Fsp3) is 0.571. The van der Waals surface area contributed by atoms with Crippen molar-refractivity contribution in [2.24, 2.45) is 0 Å². The van der Waals surface area contributed by atoms with E-state index in [1.165, 1.54) is 4.31 Å². The Morgan fingerprint density at radius 2 is 1.90 bits per heavy atom. The molecule has 0 spiro atoms. The zero-order chi connectivity index (χ0) is 15.2. The zero-order valence-corrected chi connectivity index (χ0v) is 13.1. The fourth-order valence-electron chi connectivity index (χ4n) is 2.14. The molecule has 1 atom stereocenters. The molecule has 0 aliphatic carbocycles. The van der Waals surface area contributed by atoms with Crippen LogP contribution in [0.5, 0.6) is 0 Å². The number of hydrogen-bond acceptors (Lipinski definition) is 4. The van der Waals surface area contributed by atoms with E-state index in [2.05, 4.69) is 0 Å². The van der Waals surface area contributed by atoms with Crippen LogP contribution in [0.1, 0.15) is 19.4 Å². The monoisotopic (exact) mass is 301 g/mol.